The molecule has 17 heavy (non-hydrogen) atoms. The first-order chi connectivity index (χ1) is 8.10. The van der Waals surface area contributed by atoms with Crippen LogP contribution < -0.4 is 4.90 Å². The third kappa shape index (κ3) is 3.76. The van der Waals surface area contributed by atoms with E-state index in [2.05, 4.69) is 18.4 Å². The number of aliphatic hydroxyl groups excluding tert-OH is 1. The van der Waals surface area contributed by atoms with Crippen LogP contribution in [0, 0.1) is 0 Å². The summed E-state index contributed by atoms with van der Waals surface area (Å²) in [5, 5.41) is 10.2. The summed E-state index contributed by atoms with van der Waals surface area (Å²) in [6.07, 6.45) is 2.44. The van der Waals surface area contributed by atoms with Gasteiger partial charge in [-0.05, 0) is 31.0 Å². The molecule has 0 heterocycles. The molecule has 0 aromatic heterocycles. The van der Waals surface area contributed by atoms with Gasteiger partial charge < -0.3 is 10.0 Å². The lowest BCUT2D eigenvalue weighted by Crippen LogP contribution is -2.24. The molecule has 0 aliphatic rings. The first-order valence-corrected chi connectivity index (χ1v) is 6.31. The van der Waals surface area contributed by atoms with Crippen LogP contribution in [-0.4, -0.2) is 18.2 Å². The second-order valence-corrected chi connectivity index (χ2v) is 4.53. The molecule has 0 bridgehead atoms. The van der Waals surface area contributed by atoms with Crippen molar-refractivity contribution < 1.29 is 5.11 Å². The number of benzene rings is 1. The summed E-state index contributed by atoms with van der Waals surface area (Å²) < 4.78 is 0. The van der Waals surface area contributed by atoms with Crippen molar-refractivity contribution in [1.82, 2.24) is 0 Å². The summed E-state index contributed by atoms with van der Waals surface area (Å²) in [5.74, 6) is 0. The van der Waals surface area contributed by atoms with Crippen molar-refractivity contribution in [3.05, 3.63) is 41.4 Å². The second kappa shape index (κ2) is 6.67. The topological polar surface area (TPSA) is 23.5 Å². The highest BCUT2D eigenvalue weighted by Gasteiger charge is 2.10. The molecule has 0 fully saturated rings. The van der Waals surface area contributed by atoms with Gasteiger partial charge in [0.25, 0.3) is 0 Å². The largest absolute Gasteiger partial charge is 0.389 e. The first kappa shape index (κ1) is 14.1. The monoisotopic (exact) mass is 253 g/mol. The van der Waals surface area contributed by atoms with Gasteiger partial charge in [0.05, 0.1) is 16.8 Å². The molecule has 0 amide bonds. The van der Waals surface area contributed by atoms with E-state index < -0.39 is 6.10 Å². The molecule has 0 aliphatic heterocycles. The molecule has 2 nitrogen and oxygen atoms in total. The highest BCUT2D eigenvalue weighted by molar-refractivity contribution is 6.33. The van der Waals surface area contributed by atoms with Crippen LogP contribution in [-0.2, 0) is 0 Å². The fourth-order valence-corrected chi connectivity index (χ4v) is 2.08. The molecule has 0 radical (unpaired) electrons. The van der Waals surface area contributed by atoms with Gasteiger partial charge in [-0.25, -0.2) is 0 Å². The van der Waals surface area contributed by atoms with Gasteiger partial charge in [-0.3, -0.25) is 0 Å². The molecular formula is C14H20ClNO. The summed E-state index contributed by atoms with van der Waals surface area (Å²) in [6, 6.07) is 5.70. The fourth-order valence-electron chi connectivity index (χ4n) is 1.78. The number of anilines is 1. The predicted molar refractivity (Wildman–Crippen MR) is 74.8 cm³/mol. The van der Waals surface area contributed by atoms with Gasteiger partial charge >= 0.3 is 0 Å². The van der Waals surface area contributed by atoms with Crippen molar-refractivity contribution in [2.75, 3.05) is 18.0 Å². The maximum absolute atomic E-state index is 9.50. The van der Waals surface area contributed by atoms with E-state index >= 15 is 0 Å². The number of rotatable bonds is 6. The molecular weight excluding hydrogens is 234 g/mol. The van der Waals surface area contributed by atoms with Crippen LogP contribution in [0.5, 0.6) is 0 Å². The minimum absolute atomic E-state index is 0.486. The molecule has 0 spiro atoms. The van der Waals surface area contributed by atoms with E-state index in [0.717, 1.165) is 30.8 Å². The van der Waals surface area contributed by atoms with E-state index in [1.165, 1.54) is 0 Å². The van der Waals surface area contributed by atoms with Crippen LogP contribution in [0.25, 0.3) is 0 Å². The maximum Gasteiger partial charge on any atom is 0.0762 e. The zero-order valence-corrected chi connectivity index (χ0v) is 11.2. The number of hydrogen-bond acceptors (Lipinski definition) is 2. The smallest absolute Gasteiger partial charge is 0.0762 e. The van der Waals surface area contributed by atoms with Crippen molar-refractivity contribution in [3.63, 3.8) is 0 Å². The van der Waals surface area contributed by atoms with Gasteiger partial charge in [-0.15, -0.1) is 6.58 Å². The Bertz CT molecular complexity index is 376. The Kier molecular flexibility index (Phi) is 5.52. The van der Waals surface area contributed by atoms with Crippen LogP contribution in [0.4, 0.5) is 5.69 Å². The van der Waals surface area contributed by atoms with Crippen LogP contribution >= 0.6 is 11.6 Å². The van der Waals surface area contributed by atoms with Crippen LogP contribution in [0.15, 0.2) is 30.9 Å². The van der Waals surface area contributed by atoms with E-state index in [9.17, 15) is 5.11 Å². The SMILES string of the molecule is C=CCN(CCC)c1ccc([C@H](C)O)cc1Cl. The minimum Gasteiger partial charge on any atom is -0.389 e. The maximum atomic E-state index is 9.50. The molecule has 0 saturated heterocycles. The second-order valence-electron chi connectivity index (χ2n) is 4.12. The molecule has 1 aromatic carbocycles. The number of halogens is 1. The van der Waals surface area contributed by atoms with Crippen LogP contribution in [0.2, 0.25) is 5.02 Å². The Morgan fingerprint density at radius 2 is 2.24 bits per heavy atom. The third-order valence-electron chi connectivity index (χ3n) is 2.64. The Labute approximate surface area is 109 Å². The Morgan fingerprint density at radius 3 is 2.71 bits per heavy atom. The molecule has 1 aromatic rings. The Morgan fingerprint density at radius 1 is 1.53 bits per heavy atom. The van der Waals surface area contributed by atoms with Gasteiger partial charge in [-0.1, -0.05) is 30.7 Å². The highest BCUT2D eigenvalue weighted by Crippen LogP contribution is 2.29. The van der Waals surface area contributed by atoms with E-state index in [1.807, 2.05) is 24.3 Å². The highest BCUT2D eigenvalue weighted by atomic mass is 35.5. The minimum atomic E-state index is -0.486. The third-order valence-corrected chi connectivity index (χ3v) is 2.94. The van der Waals surface area contributed by atoms with Gasteiger partial charge in [0.15, 0.2) is 0 Å². The van der Waals surface area contributed by atoms with Gasteiger partial charge in [0.2, 0.25) is 0 Å². The summed E-state index contributed by atoms with van der Waals surface area (Å²) >= 11 is 6.25. The molecule has 0 aliphatic carbocycles. The van der Waals surface area contributed by atoms with Crippen LogP contribution in [0.3, 0.4) is 0 Å². The van der Waals surface area contributed by atoms with Crippen molar-refractivity contribution >= 4 is 17.3 Å². The predicted octanol–water partition coefficient (Wildman–Crippen LogP) is 3.80. The lowest BCUT2D eigenvalue weighted by atomic mass is 10.1. The standard InChI is InChI=1S/C14H20ClNO/c1-4-8-16(9-5-2)14-7-6-12(11(3)17)10-13(14)15/h4,6-7,10-11,17H,1,5,8-9H2,2-3H3/t11-/m0/s1. The van der Waals surface area contributed by atoms with Gasteiger partial charge in [0.1, 0.15) is 0 Å². The van der Waals surface area contributed by atoms with E-state index in [1.54, 1.807) is 6.92 Å². The van der Waals surface area contributed by atoms with Crippen molar-refractivity contribution in [2.24, 2.45) is 0 Å². The van der Waals surface area contributed by atoms with Crippen molar-refractivity contribution in [1.29, 1.82) is 0 Å². The molecule has 0 unspecified atom stereocenters. The molecule has 3 heteroatoms. The quantitative estimate of drug-likeness (QED) is 0.780. The van der Waals surface area contributed by atoms with E-state index in [4.69, 9.17) is 11.6 Å². The number of aliphatic hydroxyl groups is 1. The molecule has 1 atom stereocenters. The fraction of sp³-hybridized carbons (Fsp3) is 0.429. The number of nitrogens with zero attached hydrogens (tertiary/aromatic N) is 1. The van der Waals surface area contributed by atoms with Gasteiger partial charge in [0, 0.05) is 13.1 Å². The molecule has 1 rings (SSSR count). The van der Waals surface area contributed by atoms with Gasteiger partial charge in [-0.2, -0.15) is 0 Å². The lowest BCUT2D eigenvalue weighted by molar-refractivity contribution is 0.199. The van der Waals surface area contributed by atoms with Crippen molar-refractivity contribution in [2.45, 2.75) is 26.4 Å². The zero-order chi connectivity index (χ0) is 12.8. The Balaban J connectivity index is 2.99. The average Bonchev–Trinajstić information content (AvgIpc) is 2.28. The number of hydrogen-bond donors (Lipinski definition) is 1. The molecule has 0 saturated carbocycles. The molecule has 94 valence electrons. The first-order valence-electron chi connectivity index (χ1n) is 5.93. The lowest BCUT2D eigenvalue weighted by Gasteiger charge is -2.24. The summed E-state index contributed by atoms with van der Waals surface area (Å²) in [6.45, 7) is 9.35. The summed E-state index contributed by atoms with van der Waals surface area (Å²) in [5.41, 5.74) is 1.84. The van der Waals surface area contributed by atoms with E-state index in [-0.39, 0.29) is 0 Å². The van der Waals surface area contributed by atoms with E-state index in [0.29, 0.717) is 5.02 Å². The van der Waals surface area contributed by atoms with Crippen LogP contribution in [0.1, 0.15) is 31.9 Å². The zero-order valence-electron chi connectivity index (χ0n) is 10.5. The average molecular weight is 254 g/mol. The summed E-state index contributed by atoms with van der Waals surface area (Å²) in [7, 11) is 0. The Hall–Kier alpha value is -0.990. The normalized spacial score (nSPS) is 12.2. The molecule has 1 N–H and O–H groups in total. The summed E-state index contributed by atoms with van der Waals surface area (Å²) in [4.78, 5) is 2.18. The van der Waals surface area contributed by atoms with Crippen molar-refractivity contribution in [3.8, 4) is 0 Å².